The van der Waals surface area contributed by atoms with Crippen molar-refractivity contribution in [1.82, 2.24) is 25.0 Å². The summed E-state index contributed by atoms with van der Waals surface area (Å²) in [6, 6.07) is 0. The molecule has 0 amide bonds. The molecular weight excluding hydrogens is 336 g/mol. The highest BCUT2D eigenvalue weighted by atomic mass is 32.1. The highest BCUT2D eigenvalue weighted by molar-refractivity contribution is 7.19. The number of aromatic nitrogens is 5. The van der Waals surface area contributed by atoms with Gasteiger partial charge in [0.2, 0.25) is 0 Å². The second-order valence-electron chi connectivity index (χ2n) is 6.80. The van der Waals surface area contributed by atoms with Crippen LogP contribution in [-0.4, -0.2) is 64.8 Å². The van der Waals surface area contributed by atoms with Crippen molar-refractivity contribution in [1.29, 1.82) is 0 Å². The lowest BCUT2D eigenvalue weighted by atomic mass is 10.1. The number of thiophene rings is 1. The topological polar surface area (TPSA) is 76.9 Å². The quantitative estimate of drug-likeness (QED) is 0.505. The number of fused-ring (bicyclic) bond motifs is 5. The molecule has 3 aromatic rings. The SMILES string of the molecule is CC[NH+](CC)CCNc1nc2nnnn2c2sc3c(c12)CC[NH+](C)C3. The summed E-state index contributed by atoms with van der Waals surface area (Å²) in [6.07, 6.45) is 1.09. The van der Waals surface area contributed by atoms with Crippen LogP contribution in [0.2, 0.25) is 0 Å². The predicted molar refractivity (Wildman–Crippen MR) is 98.5 cm³/mol. The van der Waals surface area contributed by atoms with Crippen molar-refractivity contribution in [2.75, 3.05) is 45.1 Å². The van der Waals surface area contributed by atoms with E-state index < -0.39 is 0 Å². The Labute approximate surface area is 150 Å². The molecular formula is C16H26N8S+2. The van der Waals surface area contributed by atoms with E-state index in [4.69, 9.17) is 4.98 Å². The monoisotopic (exact) mass is 362 g/mol. The lowest BCUT2D eigenvalue weighted by molar-refractivity contribution is -0.895. The van der Waals surface area contributed by atoms with Crippen LogP contribution in [0, 0.1) is 0 Å². The van der Waals surface area contributed by atoms with E-state index in [0.717, 1.165) is 56.3 Å². The third-order valence-electron chi connectivity index (χ3n) is 5.20. The Morgan fingerprint density at radius 3 is 2.96 bits per heavy atom. The fourth-order valence-corrected chi connectivity index (χ4v) is 5.03. The molecule has 1 unspecified atom stereocenters. The molecule has 8 nitrogen and oxygen atoms in total. The molecule has 134 valence electrons. The maximum absolute atomic E-state index is 4.72. The number of tetrazole rings is 1. The van der Waals surface area contributed by atoms with E-state index in [0.29, 0.717) is 5.78 Å². The van der Waals surface area contributed by atoms with E-state index >= 15 is 0 Å². The zero-order chi connectivity index (χ0) is 17.4. The van der Waals surface area contributed by atoms with Crippen molar-refractivity contribution in [3.8, 4) is 0 Å². The van der Waals surface area contributed by atoms with E-state index in [1.54, 1.807) is 14.3 Å². The molecule has 0 saturated heterocycles. The summed E-state index contributed by atoms with van der Waals surface area (Å²) in [6.45, 7) is 11.0. The molecule has 3 N–H and O–H groups in total. The Morgan fingerprint density at radius 2 is 2.16 bits per heavy atom. The molecule has 0 aromatic carbocycles. The first kappa shape index (κ1) is 16.6. The maximum atomic E-state index is 4.72. The van der Waals surface area contributed by atoms with Gasteiger partial charge in [-0.2, -0.15) is 9.50 Å². The van der Waals surface area contributed by atoms with E-state index in [1.165, 1.54) is 15.8 Å². The molecule has 0 saturated carbocycles. The maximum Gasteiger partial charge on any atom is 0.276 e. The van der Waals surface area contributed by atoms with Crippen LogP contribution in [-0.2, 0) is 13.0 Å². The molecule has 0 radical (unpaired) electrons. The summed E-state index contributed by atoms with van der Waals surface area (Å²) in [5.41, 5.74) is 1.44. The number of hydrogen-bond acceptors (Lipinski definition) is 6. The van der Waals surface area contributed by atoms with Crippen LogP contribution >= 0.6 is 11.3 Å². The zero-order valence-corrected chi connectivity index (χ0v) is 15.9. The van der Waals surface area contributed by atoms with Gasteiger partial charge in [-0.25, -0.2) is 0 Å². The van der Waals surface area contributed by atoms with Crippen LogP contribution in [0.4, 0.5) is 5.82 Å². The van der Waals surface area contributed by atoms with Crippen molar-refractivity contribution in [2.45, 2.75) is 26.8 Å². The first-order chi connectivity index (χ1) is 12.2. The van der Waals surface area contributed by atoms with Gasteiger partial charge in [0, 0.05) is 6.42 Å². The van der Waals surface area contributed by atoms with Gasteiger partial charge in [-0.3, -0.25) is 0 Å². The second kappa shape index (κ2) is 6.81. The summed E-state index contributed by atoms with van der Waals surface area (Å²) in [7, 11) is 2.25. The fourth-order valence-electron chi connectivity index (χ4n) is 3.63. The van der Waals surface area contributed by atoms with Gasteiger partial charge in [0.1, 0.15) is 17.2 Å². The predicted octanol–water partition coefficient (Wildman–Crippen LogP) is -1.36. The van der Waals surface area contributed by atoms with Crippen molar-refractivity contribution in [3.05, 3.63) is 10.4 Å². The molecule has 25 heavy (non-hydrogen) atoms. The molecule has 0 bridgehead atoms. The van der Waals surface area contributed by atoms with Crippen molar-refractivity contribution in [3.63, 3.8) is 0 Å². The summed E-state index contributed by atoms with van der Waals surface area (Å²) in [5, 5.41) is 16.8. The highest BCUT2D eigenvalue weighted by Crippen LogP contribution is 2.36. The Balaban J connectivity index is 1.73. The third-order valence-corrected chi connectivity index (χ3v) is 6.41. The molecule has 0 aliphatic carbocycles. The minimum absolute atomic E-state index is 0.574. The van der Waals surface area contributed by atoms with Crippen molar-refractivity contribution in [2.24, 2.45) is 0 Å². The number of anilines is 1. The lowest BCUT2D eigenvalue weighted by Crippen LogP contribution is -3.12. The molecule has 4 rings (SSSR count). The number of nitrogens with zero attached hydrogens (tertiary/aromatic N) is 5. The van der Waals surface area contributed by atoms with Gasteiger partial charge in [-0.15, -0.1) is 11.3 Å². The Kier molecular flexibility index (Phi) is 4.53. The molecule has 9 heteroatoms. The van der Waals surface area contributed by atoms with E-state index in [-0.39, 0.29) is 0 Å². The average Bonchev–Trinajstić information content (AvgIpc) is 3.22. The Hall–Kier alpha value is -1.84. The lowest BCUT2D eigenvalue weighted by Gasteiger charge is -2.20. The molecule has 1 aliphatic rings. The molecule has 4 heterocycles. The summed E-state index contributed by atoms with van der Waals surface area (Å²) >= 11 is 1.81. The Bertz CT molecular complexity index is 881. The van der Waals surface area contributed by atoms with Crippen LogP contribution in [0.3, 0.4) is 0 Å². The van der Waals surface area contributed by atoms with E-state index in [2.05, 4.69) is 41.7 Å². The van der Waals surface area contributed by atoms with Crippen molar-refractivity contribution < 1.29 is 9.80 Å². The van der Waals surface area contributed by atoms with Gasteiger partial charge in [-0.05, 0) is 29.8 Å². The van der Waals surface area contributed by atoms with Gasteiger partial charge in [0.05, 0.1) is 50.0 Å². The van der Waals surface area contributed by atoms with Crippen LogP contribution < -0.4 is 15.1 Å². The average molecular weight is 363 g/mol. The highest BCUT2D eigenvalue weighted by Gasteiger charge is 2.26. The van der Waals surface area contributed by atoms with Gasteiger partial charge >= 0.3 is 0 Å². The van der Waals surface area contributed by atoms with Crippen LogP contribution in [0.5, 0.6) is 0 Å². The molecule has 0 fully saturated rings. The largest absolute Gasteiger partial charge is 0.364 e. The zero-order valence-electron chi connectivity index (χ0n) is 15.1. The van der Waals surface area contributed by atoms with Gasteiger partial charge in [0.25, 0.3) is 5.78 Å². The van der Waals surface area contributed by atoms with Crippen LogP contribution in [0.1, 0.15) is 24.3 Å². The van der Waals surface area contributed by atoms with E-state index in [1.807, 2.05) is 11.3 Å². The number of nitrogens with one attached hydrogen (secondary N) is 3. The summed E-state index contributed by atoms with van der Waals surface area (Å²) in [5.74, 6) is 1.52. The number of likely N-dealkylation sites (N-methyl/N-ethyl adjacent to an activating group) is 2. The first-order valence-electron chi connectivity index (χ1n) is 9.12. The number of rotatable bonds is 6. The molecule has 0 spiro atoms. The molecule has 3 aromatic heterocycles. The minimum Gasteiger partial charge on any atom is -0.364 e. The van der Waals surface area contributed by atoms with E-state index in [9.17, 15) is 0 Å². The summed E-state index contributed by atoms with van der Waals surface area (Å²) < 4.78 is 1.79. The van der Waals surface area contributed by atoms with Gasteiger partial charge in [-0.1, -0.05) is 5.10 Å². The van der Waals surface area contributed by atoms with Gasteiger partial charge in [0.15, 0.2) is 0 Å². The third kappa shape index (κ3) is 2.96. The van der Waals surface area contributed by atoms with Gasteiger partial charge < -0.3 is 15.1 Å². The Morgan fingerprint density at radius 1 is 1.32 bits per heavy atom. The first-order valence-corrected chi connectivity index (χ1v) is 9.94. The molecule has 1 aliphatic heterocycles. The smallest absolute Gasteiger partial charge is 0.276 e. The number of hydrogen-bond donors (Lipinski definition) is 3. The van der Waals surface area contributed by atoms with Crippen LogP contribution in [0.15, 0.2) is 0 Å². The minimum atomic E-state index is 0.574. The fraction of sp³-hybridized carbons (Fsp3) is 0.625. The summed E-state index contributed by atoms with van der Waals surface area (Å²) in [4.78, 5) is 10.4. The van der Waals surface area contributed by atoms with Crippen LogP contribution in [0.25, 0.3) is 16.0 Å². The normalized spacial score (nSPS) is 17.5. The number of quaternary nitrogens is 2. The molecule has 1 atom stereocenters. The second-order valence-corrected chi connectivity index (χ2v) is 7.89. The standard InChI is InChI=1S/C16H24N8S/c1-4-23(5-2)9-7-17-14-13-11-6-8-22(3)10-12(11)25-15(13)24-16(18-14)19-20-21-24/h4-10H2,1-3H3,(H,17,18,19,21)/p+2. The van der Waals surface area contributed by atoms with Crippen molar-refractivity contribution >= 4 is 33.1 Å².